The maximum absolute atomic E-state index is 10.5. The van der Waals surface area contributed by atoms with E-state index in [2.05, 4.69) is 13.0 Å². The summed E-state index contributed by atoms with van der Waals surface area (Å²) in [6.07, 6.45) is 4.36. The Labute approximate surface area is 78.4 Å². The summed E-state index contributed by atoms with van der Waals surface area (Å²) >= 11 is 0. The molecule has 0 heterocycles. The highest BCUT2D eigenvalue weighted by atomic mass is 16.5. The minimum absolute atomic E-state index is 0.0924. The summed E-state index contributed by atoms with van der Waals surface area (Å²) in [5, 5.41) is 8.62. The van der Waals surface area contributed by atoms with Gasteiger partial charge in [0.25, 0.3) is 0 Å². The molecule has 74 valence electrons. The van der Waals surface area contributed by atoms with Crippen LogP contribution >= 0.6 is 0 Å². The van der Waals surface area contributed by atoms with Gasteiger partial charge in [0, 0.05) is 0 Å². The molecule has 13 heavy (non-hydrogen) atoms. The van der Waals surface area contributed by atoms with E-state index in [1.165, 1.54) is 5.57 Å². The van der Waals surface area contributed by atoms with Crippen molar-refractivity contribution in [2.24, 2.45) is 0 Å². The first-order valence-corrected chi connectivity index (χ1v) is 4.63. The van der Waals surface area contributed by atoms with Crippen LogP contribution in [-0.2, 0) is 9.53 Å². The van der Waals surface area contributed by atoms with Crippen LogP contribution in [-0.4, -0.2) is 23.3 Å². The van der Waals surface area contributed by atoms with Gasteiger partial charge >= 0.3 is 5.97 Å². The van der Waals surface area contributed by atoms with Gasteiger partial charge in [0.15, 0.2) is 6.10 Å². The lowest BCUT2D eigenvalue weighted by atomic mass is 9.98. The number of ether oxygens (including phenoxy) is 1. The lowest BCUT2D eigenvalue weighted by Gasteiger charge is -2.22. The molecule has 0 amide bonds. The molecule has 2 unspecified atom stereocenters. The molecule has 1 aliphatic carbocycles. The third kappa shape index (κ3) is 3.19. The van der Waals surface area contributed by atoms with E-state index < -0.39 is 12.1 Å². The summed E-state index contributed by atoms with van der Waals surface area (Å²) in [5.41, 5.74) is 1.38. The highest BCUT2D eigenvalue weighted by Gasteiger charge is 2.19. The first-order chi connectivity index (χ1) is 6.09. The van der Waals surface area contributed by atoms with Crippen molar-refractivity contribution in [1.29, 1.82) is 0 Å². The summed E-state index contributed by atoms with van der Waals surface area (Å²) in [6, 6.07) is 0. The minimum atomic E-state index is -0.883. The van der Waals surface area contributed by atoms with E-state index in [0.29, 0.717) is 0 Å². The van der Waals surface area contributed by atoms with Gasteiger partial charge in [-0.05, 0) is 33.1 Å². The fourth-order valence-corrected chi connectivity index (χ4v) is 1.41. The zero-order valence-electron chi connectivity index (χ0n) is 8.12. The van der Waals surface area contributed by atoms with Crippen molar-refractivity contribution in [2.45, 2.75) is 45.3 Å². The van der Waals surface area contributed by atoms with Gasteiger partial charge in [-0.15, -0.1) is 0 Å². The van der Waals surface area contributed by atoms with Crippen LogP contribution in [0.15, 0.2) is 11.6 Å². The standard InChI is InChI=1S/C10H16O3/c1-7-3-5-9(6-4-7)13-8(2)10(11)12/h3,8-9H,4-6H2,1-2H3,(H,11,12). The first-order valence-electron chi connectivity index (χ1n) is 4.63. The fourth-order valence-electron chi connectivity index (χ4n) is 1.41. The van der Waals surface area contributed by atoms with Gasteiger partial charge in [-0.25, -0.2) is 4.79 Å². The van der Waals surface area contributed by atoms with Gasteiger partial charge in [-0.1, -0.05) is 11.6 Å². The third-order valence-corrected chi connectivity index (χ3v) is 2.33. The van der Waals surface area contributed by atoms with Gasteiger partial charge in [0.2, 0.25) is 0 Å². The molecule has 0 aliphatic heterocycles. The van der Waals surface area contributed by atoms with Crippen molar-refractivity contribution < 1.29 is 14.6 Å². The fraction of sp³-hybridized carbons (Fsp3) is 0.700. The Bertz CT molecular complexity index is 220. The molecule has 0 radical (unpaired) electrons. The monoisotopic (exact) mass is 184 g/mol. The molecular formula is C10H16O3. The van der Waals surface area contributed by atoms with Gasteiger partial charge in [-0.2, -0.15) is 0 Å². The molecule has 0 spiro atoms. The molecule has 0 aromatic carbocycles. The molecule has 1 aliphatic rings. The van der Waals surface area contributed by atoms with Crippen LogP contribution in [0.3, 0.4) is 0 Å². The molecule has 3 heteroatoms. The van der Waals surface area contributed by atoms with Crippen molar-refractivity contribution >= 4 is 5.97 Å². The van der Waals surface area contributed by atoms with Crippen LogP contribution in [0, 0.1) is 0 Å². The molecule has 0 saturated carbocycles. The summed E-state index contributed by atoms with van der Waals surface area (Å²) in [7, 11) is 0. The van der Waals surface area contributed by atoms with Crippen molar-refractivity contribution in [2.75, 3.05) is 0 Å². The lowest BCUT2D eigenvalue weighted by molar-refractivity contribution is -0.153. The van der Waals surface area contributed by atoms with Crippen molar-refractivity contribution in [3.8, 4) is 0 Å². The quantitative estimate of drug-likeness (QED) is 0.682. The van der Waals surface area contributed by atoms with Gasteiger partial charge < -0.3 is 9.84 Å². The molecule has 0 aromatic heterocycles. The van der Waals surface area contributed by atoms with Crippen LogP contribution in [0.5, 0.6) is 0 Å². The largest absolute Gasteiger partial charge is 0.479 e. The van der Waals surface area contributed by atoms with Gasteiger partial charge in [0.1, 0.15) is 0 Å². The molecule has 1 N–H and O–H groups in total. The molecule has 0 aromatic rings. The van der Waals surface area contributed by atoms with E-state index in [1.807, 2.05) is 0 Å². The smallest absolute Gasteiger partial charge is 0.332 e. The molecular weight excluding hydrogens is 168 g/mol. The number of hydrogen-bond acceptors (Lipinski definition) is 2. The Balaban J connectivity index is 2.35. The molecule has 0 saturated heterocycles. The second-order valence-electron chi connectivity index (χ2n) is 3.56. The van der Waals surface area contributed by atoms with Crippen LogP contribution in [0.2, 0.25) is 0 Å². The molecule has 2 atom stereocenters. The van der Waals surface area contributed by atoms with Crippen molar-refractivity contribution in [3.63, 3.8) is 0 Å². The Morgan fingerprint density at radius 3 is 2.92 bits per heavy atom. The highest BCUT2D eigenvalue weighted by Crippen LogP contribution is 2.20. The van der Waals surface area contributed by atoms with Gasteiger partial charge in [0.05, 0.1) is 6.10 Å². The van der Waals surface area contributed by atoms with E-state index in [1.54, 1.807) is 6.92 Å². The maximum atomic E-state index is 10.5. The Morgan fingerprint density at radius 1 is 1.77 bits per heavy atom. The zero-order valence-corrected chi connectivity index (χ0v) is 8.12. The average Bonchev–Trinajstić information content (AvgIpc) is 2.08. The molecule has 3 nitrogen and oxygen atoms in total. The topological polar surface area (TPSA) is 46.5 Å². The molecule has 1 rings (SSSR count). The Morgan fingerprint density at radius 2 is 2.46 bits per heavy atom. The highest BCUT2D eigenvalue weighted by molar-refractivity contribution is 5.71. The normalized spacial score (nSPS) is 25.1. The summed E-state index contributed by atoms with van der Waals surface area (Å²) in [5.74, 6) is -0.883. The number of carbonyl (C=O) groups is 1. The van der Waals surface area contributed by atoms with E-state index in [4.69, 9.17) is 9.84 Å². The summed E-state index contributed by atoms with van der Waals surface area (Å²) < 4.78 is 5.36. The number of hydrogen-bond donors (Lipinski definition) is 1. The summed E-state index contributed by atoms with van der Waals surface area (Å²) in [4.78, 5) is 10.5. The zero-order chi connectivity index (χ0) is 9.84. The van der Waals surface area contributed by atoms with E-state index in [-0.39, 0.29) is 6.10 Å². The van der Waals surface area contributed by atoms with Crippen LogP contribution in [0.25, 0.3) is 0 Å². The lowest BCUT2D eigenvalue weighted by Crippen LogP contribution is -2.27. The maximum Gasteiger partial charge on any atom is 0.332 e. The van der Waals surface area contributed by atoms with Crippen molar-refractivity contribution in [3.05, 3.63) is 11.6 Å². The van der Waals surface area contributed by atoms with E-state index in [9.17, 15) is 4.79 Å². The Hall–Kier alpha value is -0.830. The average molecular weight is 184 g/mol. The number of carboxylic acids is 1. The SMILES string of the molecule is CC1=CCC(OC(C)C(=O)O)CC1. The first kappa shape index (κ1) is 10.3. The molecule has 0 fully saturated rings. The second kappa shape index (κ2) is 4.42. The predicted octanol–water partition coefficient (Wildman–Crippen LogP) is 1.97. The number of aliphatic carboxylic acids is 1. The van der Waals surface area contributed by atoms with E-state index >= 15 is 0 Å². The van der Waals surface area contributed by atoms with E-state index in [0.717, 1.165) is 19.3 Å². The number of rotatable bonds is 3. The molecule has 0 bridgehead atoms. The van der Waals surface area contributed by atoms with Crippen molar-refractivity contribution in [1.82, 2.24) is 0 Å². The van der Waals surface area contributed by atoms with Gasteiger partial charge in [-0.3, -0.25) is 0 Å². The van der Waals surface area contributed by atoms with Crippen LogP contribution in [0.4, 0.5) is 0 Å². The Kier molecular flexibility index (Phi) is 3.48. The minimum Gasteiger partial charge on any atom is -0.479 e. The summed E-state index contributed by atoms with van der Waals surface area (Å²) in [6.45, 7) is 3.67. The predicted molar refractivity (Wildman–Crippen MR) is 49.6 cm³/mol. The van der Waals surface area contributed by atoms with Crippen LogP contribution in [0.1, 0.15) is 33.1 Å². The number of carboxylic acid groups (broad SMARTS) is 1. The number of allylic oxidation sites excluding steroid dienone is 1. The second-order valence-corrected chi connectivity index (χ2v) is 3.56. The third-order valence-electron chi connectivity index (χ3n) is 2.33. The van der Waals surface area contributed by atoms with Crippen LogP contribution < -0.4 is 0 Å².